The van der Waals surface area contributed by atoms with Gasteiger partial charge in [-0.3, -0.25) is 14.3 Å². The fourth-order valence-corrected chi connectivity index (χ4v) is 0.152. The van der Waals surface area contributed by atoms with Gasteiger partial charge in [-0.1, -0.05) is 0 Å². The Morgan fingerprint density at radius 1 is 1.50 bits per heavy atom. The molecule has 6 heteroatoms. The molecule has 0 aliphatic rings. The van der Waals surface area contributed by atoms with Crippen LogP contribution in [-0.4, -0.2) is 30.6 Å². The summed E-state index contributed by atoms with van der Waals surface area (Å²) in [6.07, 6.45) is 0.284. The predicted molar refractivity (Wildman–Crippen MR) is 24.4 cm³/mol. The Morgan fingerprint density at radius 3 is 2.12 bits per heavy atom. The molecule has 0 aromatic carbocycles. The first kappa shape index (κ1) is 7.12. The van der Waals surface area contributed by atoms with Gasteiger partial charge >= 0.3 is 7.69 Å². The first-order chi connectivity index (χ1) is 3.85. The number of hydrogen-bond donors (Lipinski definition) is 1. The zero-order valence-corrected chi connectivity index (χ0v) is 3.98. The molecule has 0 aliphatic carbocycles. The number of amides is 2. The van der Waals surface area contributed by atoms with Crippen molar-refractivity contribution < 1.29 is 19.4 Å². The third-order valence-electron chi connectivity index (χ3n) is 0.415. The van der Waals surface area contributed by atoms with Crippen molar-refractivity contribution in [3.63, 3.8) is 0 Å². The molecular formula is C2H4BNO4. The van der Waals surface area contributed by atoms with E-state index < -0.39 is 7.69 Å². The Bertz CT molecular complexity index is 78.1. The zero-order chi connectivity index (χ0) is 6.41. The van der Waals surface area contributed by atoms with Crippen LogP contribution in [0.5, 0.6) is 0 Å². The largest absolute Gasteiger partial charge is 0.462 e. The lowest BCUT2D eigenvalue weighted by Crippen LogP contribution is -2.22. The number of imide groups is 1. The van der Waals surface area contributed by atoms with Crippen LogP contribution in [0.3, 0.4) is 0 Å². The van der Waals surface area contributed by atoms with Crippen LogP contribution in [0.25, 0.3) is 0 Å². The van der Waals surface area contributed by atoms with Crippen LogP contribution >= 0.6 is 0 Å². The van der Waals surface area contributed by atoms with Gasteiger partial charge < -0.3 is 5.02 Å². The molecule has 0 spiro atoms. The Morgan fingerprint density at radius 2 is 2.00 bits per heavy atom. The number of carbonyl (C=O) groups is 2. The number of hydrogen-bond acceptors (Lipinski definition) is 4. The summed E-state index contributed by atoms with van der Waals surface area (Å²) in [5.41, 5.74) is 0. The Kier molecular flexibility index (Phi) is 3.82. The van der Waals surface area contributed by atoms with E-state index in [1.165, 1.54) is 0 Å². The highest BCUT2D eigenvalue weighted by Gasteiger charge is 1.95. The van der Waals surface area contributed by atoms with E-state index in [0.29, 0.717) is 5.06 Å². The number of carbonyl (C=O) groups excluding carboxylic acids is 2. The van der Waals surface area contributed by atoms with E-state index in [-0.39, 0.29) is 12.8 Å². The van der Waals surface area contributed by atoms with Crippen molar-refractivity contribution in [1.82, 2.24) is 5.06 Å². The minimum Gasteiger partial charge on any atom is -0.429 e. The van der Waals surface area contributed by atoms with Gasteiger partial charge in [-0.05, 0) is 0 Å². The molecular weight excluding hydrogens is 113 g/mol. The van der Waals surface area contributed by atoms with Crippen molar-refractivity contribution in [2.75, 3.05) is 0 Å². The fourth-order valence-electron chi connectivity index (χ4n) is 0.152. The number of nitrogens with zero attached hydrogens (tertiary/aromatic N) is 1. The molecule has 2 amide bonds. The van der Waals surface area contributed by atoms with Crippen molar-refractivity contribution in [2.24, 2.45) is 0 Å². The van der Waals surface area contributed by atoms with Crippen molar-refractivity contribution in [3.8, 4) is 0 Å². The molecule has 8 heavy (non-hydrogen) atoms. The summed E-state index contributed by atoms with van der Waals surface area (Å²) in [6.45, 7) is 0. The Balaban J connectivity index is 3.35. The van der Waals surface area contributed by atoms with Crippen LogP contribution in [-0.2, 0) is 14.3 Å². The predicted octanol–water partition coefficient (Wildman–Crippen LogP) is -2.21. The highest BCUT2D eigenvalue weighted by Crippen LogP contribution is 1.71. The van der Waals surface area contributed by atoms with E-state index in [0.717, 1.165) is 0 Å². The van der Waals surface area contributed by atoms with E-state index >= 15 is 0 Å². The summed E-state index contributed by atoms with van der Waals surface area (Å²) >= 11 is 0. The maximum atomic E-state index is 9.58. The molecule has 5 nitrogen and oxygen atoms in total. The molecule has 0 saturated heterocycles. The van der Waals surface area contributed by atoms with Crippen LogP contribution in [0.4, 0.5) is 0 Å². The first-order valence-electron chi connectivity index (χ1n) is 1.78. The minimum atomic E-state index is -0.683. The average molecular weight is 117 g/mol. The standard InChI is InChI=1S/C2H4BNO4/c5-1-4(2-6)8-3-7/h1-3,7H. The van der Waals surface area contributed by atoms with Crippen molar-refractivity contribution >= 4 is 20.5 Å². The smallest absolute Gasteiger partial charge is 0.429 e. The van der Waals surface area contributed by atoms with Crippen molar-refractivity contribution in [2.45, 2.75) is 0 Å². The lowest BCUT2D eigenvalue weighted by Gasteiger charge is -2.02. The van der Waals surface area contributed by atoms with Gasteiger partial charge in [-0.2, -0.15) is 5.06 Å². The normalized spacial score (nSPS) is 7.62. The molecule has 1 N–H and O–H groups in total. The van der Waals surface area contributed by atoms with Crippen LogP contribution in [0.15, 0.2) is 0 Å². The van der Waals surface area contributed by atoms with Crippen LogP contribution in [0, 0.1) is 0 Å². The Labute approximate surface area is 46.1 Å². The molecule has 0 rings (SSSR count). The molecule has 0 unspecified atom stereocenters. The molecule has 0 heterocycles. The highest BCUT2D eigenvalue weighted by molar-refractivity contribution is 6.16. The van der Waals surface area contributed by atoms with Gasteiger partial charge in [0.1, 0.15) is 0 Å². The quantitative estimate of drug-likeness (QED) is 0.257. The van der Waals surface area contributed by atoms with Gasteiger partial charge in [-0.25, -0.2) is 0 Å². The second-order valence-electron chi connectivity index (χ2n) is 0.829. The van der Waals surface area contributed by atoms with Gasteiger partial charge in [-0.15, -0.1) is 0 Å². The molecule has 0 bridgehead atoms. The van der Waals surface area contributed by atoms with E-state index in [1.54, 1.807) is 0 Å². The van der Waals surface area contributed by atoms with Crippen molar-refractivity contribution in [1.29, 1.82) is 0 Å². The summed E-state index contributed by atoms with van der Waals surface area (Å²) in [7, 11) is -0.683. The first-order valence-corrected chi connectivity index (χ1v) is 1.78. The molecule has 0 fully saturated rings. The second kappa shape index (κ2) is 4.29. The summed E-state index contributed by atoms with van der Waals surface area (Å²) in [5, 5.41) is 8.24. The topological polar surface area (TPSA) is 66.8 Å². The monoisotopic (exact) mass is 117 g/mol. The minimum absolute atomic E-state index is 0.142. The summed E-state index contributed by atoms with van der Waals surface area (Å²) in [6, 6.07) is 0. The lowest BCUT2D eigenvalue weighted by atomic mass is 10.4. The number of hydroxylamine groups is 2. The van der Waals surface area contributed by atoms with E-state index in [2.05, 4.69) is 4.76 Å². The maximum Gasteiger partial charge on any atom is 0.462 e. The van der Waals surface area contributed by atoms with Crippen LogP contribution in [0.1, 0.15) is 0 Å². The van der Waals surface area contributed by atoms with Gasteiger partial charge in [0.25, 0.3) is 0 Å². The SMILES string of the molecule is O=CN(C=O)OBO. The van der Waals surface area contributed by atoms with Gasteiger partial charge in [0.15, 0.2) is 0 Å². The third kappa shape index (κ3) is 2.32. The van der Waals surface area contributed by atoms with E-state index in [1.807, 2.05) is 0 Å². The zero-order valence-electron chi connectivity index (χ0n) is 3.98. The summed E-state index contributed by atoms with van der Waals surface area (Å²) < 4.78 is 3.99. The Hall–Kier alpha value is -0.875. The van der Waals surface area contributed by atoms with E-state index in [9.17, 15) is 9.59 Å². The molecule has 0 radical (unpaired) electrons. The van der Waals surface area contributed by atoms with Gasteiger partial charge in [0, 0.05) is 0 Å². The van der Waals surface area contributed by atoms with Crippen molar-refractivity contribution in [3.05, 3.63) is 0 Å². The number of rotatable bonds is 4. The molecule has 0 aromatic rings. The fraction of sp³-hybridized carbons (Fsp3) is 0. The van der Waals surface area contributed by atoms with E-state index in [4.69, 9.17) is 5.02 Å². The van der Waals surface area contributed by atoms with Crippen LogP contribution < -0.4 is 0 Å². The molecule has 0 aliphatic heterocycles. The molecule has 0 saturated carbocycles. The lowest BCUT2D eigenvalue weighted by molar-refractivity contribution is -0.155. The maximum absolute atomic E-state index is 9.58. The molecule has 0 atom stereocenters. The van der Waals surface area contributed by atoms with Crippen LogP contribution in [0.2, 0.25) is 0 Å². The van der Waals surface area contributed by atoms with Gasteiger partial charge in [0.05, 0.1) is 0 Å². The second-order valence-corrected chi connectivity index (χ2v) is 0.829. The third-order valence-corrected chi connectivity index (χ3v) is 0.415. The summed E-state index contributed by atoms with van der Waals surface area (Å²) in [5.74, 6) is 0. The van der Waals surface area contributed by atoms with Gasteiger partial charge in [0.2, 0.25) is 12.8 Å². The molecule has 44 valence electrons. The highest BCUT2D eigenvalue weighted by atomic mass is 16.7. The summed E-state index contributed by atoms with van der Waals surface area (Å²) in [4.78, 5) is 19.2. The average Bonchev–Trinajstić information content (AvgIpc) is 1.83. The molecule has 0 aromatic heterocycles.